The van der Waals surface area contributed by atoms with E-state index in [1.54, 1.807) is 0 Å². The second kappa shape index (κ2) is 5.35. The summed E-state index contributed by atoms with van der Waals surface area (Å²) >= 11 is 0. The minimum absolute atomic E-state index is 0.0692. The largest absolute Gasteiger partial charge is 0.447 e. The fraction of sp³-hybridized carbons (Fsp3) is 0.938. The lowest BCUT2D eigenvalue weighted by atomic mass is 9.70. The van der Waals surface area contributed by atoms with Crippen LogP contribution in [-0.4, -0.2) is 30.6 Å². The molecule has 4 fully saturated rings. The van der Waals surface area contributed by atoms with Gasteiger partial charge in [-0.1, -0.05) is 13.8 Å². The molecule has 1 amide bonds. The molecule has 2 saturated carbocycles. The Hall–Kier alpha value is -0.850. The molecule has 1 spiro atoms. The van der Waals surface area contributed by atoms with E-state index in [0.717, 1.165) is 6.42 Å². The van der Waals surface area contributed by atoms with Crippen molar-refractivity contribution in [1.82, 2.24) is 16.1 Å². The molecular formula is C16H27N3O3. The van der Waals surface area contributed by atoms with Gasteiger partial charge in [-0.05, 0) is 55.8 Å². The SMILES string of the molecule is CC(C)C1NC(C2CCC3C(CCC34COC(=O)N4)C2)NO1. The van der Waals surface area contributed by atoms with E-state index in [1.165, 1.54) is 25.7 Å². The first-order valence-corrected chi connectivity index (χ1v) is 8.69. The molecule has 2 aliphatic heterocycles. The third kappa shape index (κ3) is 2.32. The molecular weight excluding hydrogens is 282 g/mol. The number of rotatable bonds is 2. The molecule has 6 heteroatoms. The Balaban J connectivity index is 1.39. The van der Waals surface area contributed by atoms with Gasteiger partial charge >= 0.3 is 6.09 Å². The van der Waals surface area contributed by atoms with E-state index in [-0.39, 0.29) is 24.0 Å². The maximum atomic E-state index is 11.5. The number of carbonyl (C=O) groups excluding carboxylic acids is 1. The van der Waals surface area contributed by atoms with Gasteiger partial charge in [0, 0.05) is 0 Å². The van der Waals surface area contributed by atoms with Gasteiger partial charge in [0.25, 0.3) is 0 Å². The number of alkyl carbamates (subject to hydrolysis) is 1. The number of nitrogens with one attached hydrogen (secondary N) is 3. The third-order valence-corrected chi connectivity index (χ3v) is 6.25. The number of hydrogen-bond acceptors (Lipinski definition) is 5. The minimum Gasteiger partial charge on any atom is -0.447 e. The smallest absolute Gasteiger partial charge is 0.407 e. The van der Waals surface area contributed by atoms with E-state index in [2.05, 4.69) is 30.0 Å². The summed E-state index contributed by atoms with van der Waals surface area (Å²) in [6, 6.07) is 0. The topological polar surface area (TPSA) is 71.6 Å². The summed E-state index contributed by atoms with van der Waals surface area (Å²) < 4.78 is 5.21. The van der Waals surface area contributed by atoms with Crippen molar-refractivity contribution in [2.75, 3.05) is 6.61 Å². The second-order valence-electron chi connectivity index (χ2n) is 7.88. The van der Waals surface area contributed by atoms with Gasteiger partial charge in [-0.25, -0.2) is 4.79 Å². The number of ether oxygens (including phenoxy) is 1. The highest BCUT2D eigenvalue weighted by Crippen LogP contribution is 2.51. The molecule has 6 atom stereocenters. The molecule has 124 valence electrons. The number of fused-ring (bicyclic) bond motifs is 2. The highest BCUT2D eigenvalue weighted by atomic mass is 16.7. The molecule has 4 aliphatic rings. The molecule has 6 nitrogen and oxygen atoms in total. The van der Waals surface area contributed by atoms with E-state index in [9.17, 15) is 4.79 Å². The van der Waals surface area contributed by atoms with Crippen molar-refractivity contribution in [3.63, 3.8) is 0 Å². The molecule has 0 bridgehead atoms. The summed E-state index contributed by atoms with van der Waals surface area (Å²) in [6.45, 7) is 4.90. The fourth-order valence-corrected chi connectivity index (χ4v) is 5.03. The van der Waals surface area contributed by atoms with Gasteiger partial charge in [0.1, 0.15) is 12.8 Å². The Labute approximate surface area is 131 Å². The first-order chi connectivity index (χ1) is 10.6. The molecule has 6 unspecified atom stereocenters. The number of amides is 1. The monoisotopic (exact) mass is 309 g/mol. The Bertz CT molecular complexity index is 458. The summed E-state index contributed by atoms with van der Waals surface area (Å²) in [4.78, 5) is 17.1. The predicted octanol–water partition coefficient (Wildman–Crippen LogP) is 1.72. The van der Waals surface area contributed by atoms with Crippen LogP contribution in [0.2, 0.25) is 0 Å². The van der Waals surface area contributed by atoms with Crippen LogP contribution < -0.4 is 16.1 Å². The van der Waals surface area contributed by atoms with Gasteiger partial charge in [-0.2, -0.15) is 5.48 Å². The number of hydroxylamine groups is 1. The zero-order valence-electron chi connectivity index (χ0n) is 13.4. The van der Waals surface area contributed by atoms with Crippen molar-refractivity contribution < 1.29 is 14.4 Å². The van der Waals surface area contributed by atoms with Crippen molar-refractivity contribution in [3.05, 3.63) is 0 Å². The van der Waals surface area contributed by atoms with Gasteiger partial charge in [-0.3, -0.25) is 10.2 Å². The highest BCUT2D eigenvalue weighted by Gasteiger charge is 2.55. The van der Waals surface area contributed by atoms with E-state index in [0.29, 0.717) is 30.3 Å². The first kappa shape index (κ1) is 14.7. The lowest BCUT2D eigenvalue weighted by Crippen LogP contribution is -2.51. The molecule has 0 aromatic carbocycles. The van der Waals surface area contributed by atoms with Crippen LogP contribution in [0.5, 0.6) is 0 Å². The van der Waals surface area contributed by atoms with Crippen molar-refractivity contribution in [1.29, 1.82) is 0 Å². The van der Waals surface area contributed by atoms with E-state index in [1.807, 2.05) is 0 Å². The quantitative estimate of drug-likeness (QED) is 0.724. The Morgan fingerprint density at radius 2 is 2.09 bits per heavy atom. The number of hydrogen-bond donors (Lipinski definition) is 3. The molecule has 22 heavy (non-hydrogen) atoms. The molecule has 2 aliphatic carbocycles. The first-order valence-electron chi connectivity index (χ1n) is 8.69. The van der Waals surface area contributed by atoms with Gasteiger partial charge < -0.3 is 10.1 Å². The van der Waals surface area contributed by atoms with Crippen LogP contribution in [0.25, 0.3) is 0 Å². The average molecular weight is 309 g/mol. The molecule has 0 radical (unpaired) electrons. The van der Waals surface area contributed by atoms with Crippen LogP contribution in [0, 0.1) is 23.7 Å². The van der Waals surface area contributed by atoms with Gasteiger partial charge in [0.05, 0.1) is 11.7 Å². The summed E-state index contributed by atoms with van der Waals surface area (Å²) in [6.07, 6.45) is 5.97. The Morgan fingerprint density at radius 3 is 2.77 bits per heavy atom. The number of cyclic esters (lactones) is 1. The fourth-order valence-electron chi connectivity index (χ4n) is 5.03. The van der Waals surface area contributed by atoms with E-state index in [4.69, 9.17) is 9.57 Å². The van der Waals surface area contributed by atoms with Crippen molar-refractivity contribution in [2.24, 2.45) is 23.7 Å². The van der Waals surface area contributed by atoms with E-state index >= 15 is 0 Å². The van der Waals surface area contributed by atoms with Gasteiger partial charge in [-0.15, -0.1) is 0 Å². The molecule has 0 aromatic rings. The van der Waals surface area contributed by atoms with Gasteiger partial charge in [0.2, 0.25) is 0 Å². The minimum atomic E-state index is -0.227. The van der Waals surface area contributed by atoms with Crippen LogP contribution >= 0.6 is 0 Å². The zero-order chi connectivity index (χ0) is 15.3. The van der Waals surface area contributed by atoms with Crippen molar-refractivity contribution in [3.8, 4) is 0 Å². The standard InChI is InChI=1S/C16H27N3O3/c1-9(2)14-17-13(19-22-14)11-3-4-12-10(7-11)5-6-16(12)8-21-15(20)18-16/h9-14,17,19H,3-8H2,1-2H3,(H,18,20). The maximum Gasteiger partial charge on any atom is 0.407 e. The van der Waals surface area contributed by atoms with Crippen LogP contribution in [0.4, 0.5) is 4.79 Å². The maximum absolute atomic E-state index is 11.5. The van der Waals surface area contributed by atoms with Crippen molar-refractivity contribution in [2.45, 2.75) is 63.9 Å². The molecule has 4 rings (SSSR count). The normalized spacial score (nSPS) is 47.8. The lowest BCUT2D eigenvalue weighted by Gasteiger charge is -2.39. The summed E-state index contributed by atoms with van der Waals surface area (Å²) in [5.74, 6) is 2.36. The Kier molecular flexibility index (Phi) is 3.58. The van der Waals surface area contributed by atoms with Crippen LogP contribution in [0.15, 0.2) is 0 Å². The van der Waals surface area contributed by atoms with Crippen LogP contribution in [-0.2, 0) is 9.57 Å². The predicted molar refractivity (Wildman–Crippen MR) is 80.5 cm³/mol. The average Bonchev–Trinajstić information content (AvgIpc) is 3.19. The van der Waals surface area contributed by atoms with Crippen LogP contribution in [0.1, 0.15) is 46.0 Å². The molecule has 3 N–H and O–H groups in total. The highest BCUT2D eigenvalue weighted by molar-refractivity contribution is 5.71. The number of carbonyl (C=O) groups is 1. The molecule has 2 heterocycles. The van der Waals surface area contributed by atoms with E-state index < -0.39 is 0 Å². The van der Waals surface area contributed by atoms with Crippen LogP contribution in [0.3, 0.4) is 0 Å². The summed E-state index contributed by atoms with van der Waals surface area (Å²) in [7, 11) is 0. The lowest BCUT2D eigenvalue weighted by molar-refractivity contribution is -0.00822. The van der Waals surface area contributed by atoms with Gasteiger partial charge in [0.15, 0.2) is 0 Å². The summed E-state index contributed by atoms with van der Waals surface area (Å²) in [5.41, 5.74) is 3.13. The van der Waals surface area contributed by atoms with Crippen molar-refractivity contribution >= 4 is 6.09 Å². The molecule has 0 aromatic heterocycles. The summed E-state index contributed by atoms with van der Waals surface area (Å²) in [5, 5.41) is 6.70. The zero-order valence-corrected chi connectivity index (χ0v) is 13.4. The third-order valence-electron chi connectivity index (χ3n) is 6.25. The Morgan fingerprint density at radius 1 is 1.23 bits per heavy atom. The second-order valence-corrected chi connectivity index (χ2v) is 7.88. The molecule has 2 saturated heterocycles.